The summed E-state index contributed by atoms with van der Waals surface area (Å²) in [6.07, 6.45) is 0. The molecule has 0 aliphatic heterocycles. The number of rotatable bonds is 1. The van der Waals surface area contributed by atoms with Gasteiger partial charge in [-0.15, -0.1) is 0 Å². The zero-order valence-electron chi connectivity index (χ0n) is 8.85. The molecular weight excluding hydrogens is 327 g/mol. The molecule has 0 atom stereocenters. The van der Waals surface area contributed by atoms with Gasteiger partial charge in [-0.25, -0.2) is 0 Å². The fourth-order valence-electron chi connectivity index (χ4n) is 1.88. The lowest BCUT2D eigenvalue weighted by molar-refractivity contribution is 0.435. The third-order valence-electron chi connectivity index (χ3n) is 2.69. The van der Waals surface area contributed by atoms with Gasteiger partial charge in [0.1, 0.15) is 3.57 Å². The van der Waals surface area contributed by atoms with Crippen molar-refractivity contribution < 1.29 is 4.52 Å². The number of anilines is 1. The summed E-state index contributed by atoms with van der Waals surface area (Å²) in [6, 6.07) is 14.3. The van der Waals surface area contributed by atoms with Crippen molar-refractivity contribution in [3.8, 4) is 11.3 Å². The fourth-order valence-corrected chi connectivity index (χ4v) is 2.37. The van der Waals surface area contributed by atoms with Crippen LogP contribution >= 0.6 is 22.6 Å². The van der Waals surface area contributed by atoms with E-state index in [1.807, 2.05) is 24.3 Å². The van der Waals surface area contributed by atoms with E-state index in [4.69, 9.17) is 10.3 Å². The average molecular weight is 336 g/mol. The van der Waals surface area contributed by atoms with Crippen LogP contribution in [0.4, 0.5) is 5.82 Å². The summed E-state index contributed by atoms with van der Waals surface area (Å²) in [5, 5.41) is 6.11. The maximum Gasteiger partial charge on any atom is 0.183 e. The highest BCUT2D eigenvalue weighted by molar-refractivity contribution is 14.1. The number of halogens is 1. The number of nitrogen functional groups attached to an aromatic ring is 1. The topological polar surface area (TPSA) is 52.0 Å². The van der Waals surface area contributed by atoms with Crippen molar-refractivity contribution in [2.75, 3.05) is 5.73 Å². The number of nitrogens with zero attached hydrogens (tertiary/aromatic N) is 1. The van der Waals surface area contributed by atoms with Gasteiger partial charge in [0, 0.05) is 5.56 Å². The van der Waals surface area contributed by atoms with E-state index in [9.17, 15) is 0 Å². The molecule has 84 valence electrons. The van der Waals surface area contributed by atoms with E-state index in [1.165, 1.54) is 5.39 Å². The maximum absolute atomic E-state index is 5.71. The summed E-state index contributed by atoms with van der Waals surface area (Å²) >= 11 is 2.16. The third-order valence-corrected chi connectivity index (χ3v) is 3.74. The Morgan fingerprint density at radius 1 is 1.06 bits per heavy atom. The number of hydrogen-bond acceptors (Lipinski definition) is 3. The van der Waals surface area contributed by atoms with Gasteiger partial charge in [-0.05, 0) is 33.4 Å². The van der Waals surface area contributed by atoms with Crippen molar-refractivity contribution in [3.63, 3.8) is 0 Å². The molecule has 0 saturated heterocycles. The van der Waals surface area contributed by atoms with Gasteiger partial charge in [0.15, 0.2) is 11.6 Å². The minimum absolute atomic E-state index is 0.438. The van der Waals surface area contributed by atoms with E-state index < -0.39 is 0 Å². The van der Waals surface area contributed by atoms with Gasteiger partial charge >= 0.3 is 0 Å². The maximum atomic E-state index is 5.71. The second kappa shape index (κ2) is 4.03. The lowest BCUT2D eigenvalue weighted by Crippen LogP contribution is -1.86. The summed E-state index contributed by atoms with van der Waals surface area (Å²) in [5.41, 5.74) is 6.73. The van der Waals surface area contributed by atoms with Crippen LogP contribution in [0.2, 0.25) is 0 Å². The highest BCUT2D eigenvalue weighted by Gasteiger charge is 2.14. The van der Waals surface area contributed by atoms with Gasteiger partial charge in [0.05, 0.1) is 0 Å². The first-order chi connectivity index (χ1) is 8.27. The molecule has 0 amide bonds. The number of nitrogens with two attached hydrogens (primary N) is 1. The standard InChI is InChI=1S/C13H9IN2O/c14-11-12(17-16-13(11)15)10-7-3-5-8-4-1-2-6-9(8)10/h1-7H,(H2,15,16). The number of hydrogen-bond donors (Lipinski definition) is 1. The van der Waals surface area contributed by atoms with Crippen LogP contribution in [-0.4, -0.2) is 5.16 Å². The lowest BCUT2D eigenvalue weighted by Gasteiger charge is -2.03. The van der Waals surface area contributed by atoms with Crippen LogP contribution in [0, 0.1) is 3.57 Å². The molecule has 0 bridgehead atoms. The molecule has 0 spiro atoms. The quantitative estimate of drug-likeness (QED) is 0.690. The van der Waals surface area contributed by atoms with Gasteiger partial charge in [0.25, 0.3) is 0 Å². The zero-order chi connectivity index (χ0) is 11.8. The molecule has 0 saturated carbocycles. The molecule has 17 heavy (non-hydrogen) atoms. The van der Waals surface area contributed by atoms with Crippen molar-refractivity contribution in [2.45, 2.75) is 0 Å². The van der Waals surface area contributed by atoms with Crippen LogP contribution in [0.3, 0.4) is 0 Å². The van der Waals surface area contributed by atoms with Crippen molar-refractivity contribution in [3.05, 3.63) is 46.0 Å². The van der Waals surface area contributed by atoms with Crippen LogP contribution in [0.25, 0.3) is 22.1 Å². The third kappa shape index (κ3) is 1.68. The largest absolute Gasteiger partial charge is 0.380 e. The summed E-state index contributed by atoms with van der Waals surface area (Å²) in [7, 11) is 0. The van der Waals surface area contributed by atoms with E-state index in [1.54, 1.807) is 0 Å². The molecule has 2 N–H and O–H groups in total. The minimum atomic E-state index is 0.438. The molecule has 3 rings (SSSR count). The lowest BCUT2D eigenvalue weighted by atomic mass is 10.0. The van der Waals surface area contributed by atoms with Crippen LogP contribution in [-0.2, 0) is 0 Å². The van der Waals surface area contributed by atoms with Crippen molar-refractivity contribution in [2.24, 2.45) is 0 Å². The van der Waals surface area contributed by atoms with Crippen molar-refractivity contribution >= 4 is 39.2 Å². The second-order valence-corrected chi connectivity index (χ2v) is 4.82. The molecule has 1 aromatic heterocycles. The zero-order valence-corrected chi connectivity index (χ0v) is 11.0. The Kier molecular flexibility index (Phi) is 2.51. The SMILES string of the molecule is Nc1noc(-c2cccc3ccccc23)c1I. The highest BCUT2D eigenvalue weighted by Crippen LogP contribution is 2.33. The molecular formula is C13H9IN2O. The smallest absolute Gasteiger partial charge is 0.183 e. The number of benzene rings is 2. The van der Waals surface area contributed by atoms with E-state index in [2.05, 4.69) is 45.9 Å². The highest BCUT2D eigenvalue weighted by atomic mass is 127. The van der Waals surface area contributed by atoms with Gasteiger partial charge in [-0.2, -0.15) is 0 Å². The summed E-state index contributed by atoms with van der Waals surface area (Å²) in [6.45, 7) is 0. The second-order valence-electron chi connectivity index (χ2n) is 3.74. The summed E-state index contributed by atoms with van der Waals surface area (Å²) < 4.78 is 6.17. The first kappa shape index (κ1) is 10.6. The van der Waals surface area contributed by atoms with E-state index >= 15 is 0 Å². The molecule has 0 aliphatic rings. The molecule has 0 unspecified atom stereocenters. The van der Waals surface area contributed by atoms with Gasteiger partial charge in [-0.1, -0.05) is 47.6 Å². The molecule has 3 aromatic rings. The Labute approximate surface area is 112 Å². The molecule has 0 aliphatic carbocycles. The summed E-state index contributed by atoms with van der Waals surface area (Å²) in [5.74, 6) is 1.17. The van der Waals surface area contributed by atoms with Crippen molar-refractivity contribution in [1.82, 2.24) is 5.16 Å². The van der Waals surface area contributed by atoms with Gasteiger partial charge in [-0.3, -0.25) is 0 Å². The molecule has 0 fully saturated rings. The Bertz CT molecular complexity index is 685. The number of aromatic nitrogens is 1. The predicted octanol–water partition coefficient (Wildman–Crippen LogP) is 3.68. The Hall–Kier alpha value is -1.56. The normalized spacial score (nSPS) is 10.9. The van der Waals surface area contributed by atoms with Crippen LogP contribution < -0.4 is 5.73 Å². The minimum Gasteiger partial charge on any atom is -0.380 e. The van der Waals surface area contributed by atoms with Gasteiger partial charge in [0.2, 0.25) is 0 Å². The Balaban J connectivity index is 2.34. The van der Waals surface area contributed by atoms with E-state index in [0.717, 1.165) is 20.3 Å². The Morgan fingerprint density at radius 2 is 1.82 bits per heavy atom. The van der Waals surface area contributed by atoms with E-state index in [0.29, 0.717) is 5.82 Å². The van der Waals surface area contributed by atoms with Gasteiger partial charge < -0.3 is 10.3 Å². The average Bonchev–Trinajstić information content (AvgIpc) is 2.69. The molecule has 2 aromatic carbocycles. The van der Waals surface area contributed by atoms with Crippen LogP contribution in [0.15, 0.2) is 47.0 Å². The molecule has 3 nitrogen and oxygen atoms in total. The first-order valence-corrected chi connectivity index (χ1v) is 6.24. The van der Waals surface area contributed by atoms with E-state index in [-0.39, 0.29) is 0 Å². The Morgan fingerprint density at radius 3 is 2.59 bits per heavy atom. The van der Waals surface area contributed by atoms with Crippen LogP contribution in [0.5, 0.6) is 0 Å². The predicted molar refractivity (Wildman–Crippen MR) is 76.6 cm³/mol. The monoisotopic (exact) mass is 336 g/mol. The molecule has 1 heterocycles. The first-order valence-electron chi connectivity index (χ1n) is 5.16. The summed E-state index contributed by atoms with van der Waals surface area (Å²) in [4.78, 5) is 0. The number of fused-ring (bicyclic) bond motifs is 1. The fraction of sp³-hybridized carbons (Fsp3) is 0. The van der Waals surface area contributed by atoms with Crippen LogP contribution in [0.1, 0.15) is 0 Å². The van der Waals surface area contributed by atoms with Crippen molar-refractivity contribution in [1.29, 1.82) is 0 Å². The molecule has 0 radical (unpaired) electrons. The molecule has 4 heteroatoms.